The Kier molecular flexibility index (Phi) is 3.68. The molecule has 0 amide bonds. The van der Waals surface area contributed by atoms with Crippen molar-refractivity contribution < 1.29 is 9.32 Å². The Hall–Kier alpha value is -0.780. The molecular weight excluding hydrogens is 246 g/mol. The number of halogens is 1. The van der Waals surface area contributed by atoms with E-state index in [0.717, 1.165) is 38.3 Å². The molecule has 2 aromatic rings. The average Bonchev–Trinajstić information content (AvgIpc) is 2.26. The van der Waals surface area contributed by atoms with Crippen LogP contribution in [0.15, 0.2) is 35.2 Å². The molecule has 0 heterocycles. The third-order valence-corrected chi connectivity index (χ3v) is 3.26. The summed E-state index contributed by atoms with van der Waals surface area (Å²) in [6, 6.07) is 9.80. The molecule has 5 heteroatoms. The monoisotopic (exact) mass is 255 g/mol. The van der Waals surface area contributed by atoms with E-state index in [1.807, 2.05) is 37.3 Å². The number of fused-ring (bicyclic) bond motifs is 1. The molecule has 0 fully saturated rings. The second-order valence-corrected chi connectivity index (χ2v) is 4.54. The Morgan fingerprint density at radius 2 is 2.00 bits per heavy atom. The second-order valence-electron chi connectivity index (χ2n) is 3.36. The lowest BCUT2D eigenvalue weighted by Gasteiger charge is -2.06. The van der Waals surface area contributed by atoms with Crippen LogP contribution < -0.4 is 5.90 Å². The van der Waals surface area contributed by atoms with Crippen LogP contribution in [0.4, 0.5) is 0 Å². The van der Waals surface area contributed by atoms with E-state index in [2.05, 4.69) is 9.32 Å². The van der Waals surface area contributed by atoms with E-state index in [4.69, 9.17) is 17.5 Å². The maximum atomic E-state index is 5.93. The Morgan fingerprint density at radius 3 is 2.75 bits per heavy atom. The summed E-state index contributed by atoms with van der Waals surface area (Å²) in [5.41, 5.74) is 1.08. The molecule has 0 aliphatic carbocycles. The van der Waals surface area contributed by atoms with Gasteiger partial charge in [0.2, 0.25) is 0 Å². The smallest absolute Gasteiger partial charge is 0.0705 e. The first-order chi connectivity index (χ1) is 7.70. The van der Waals surface area contributed by atoms with Gasteiger partial charge in [0.25, 0.3) is 0 Å². The van der Waals surface area contributed by atoms with E-state index in [9.17, 15) is 0 Å². The number of nitrogens with two attached hydrogens (primary N) is 1. The highest BCUT2D eigenvalue weighted by atomic mass is 35.5. The van der Waals surface area contributed by atoms with Crippen molar-refractivity contribution in [3.8, 4) is 0 Å². The predicted octanol–water partition coefficient (Wildman–Crippen LogP) is 3.63. The Morgan fingerprint density at radius 1 is 1.19 bits per heavy atom. The zero-order valence-corrected chi connectivity index (χ0v) is 10.1. The lowest BCUT2D eigenvalue weighted by molar-refractivity contribution is -0.195. The fourth-order valence-electron chi connectivity index (χ4n) is 1.51. The number of rotatable bonds is 3. The first kappa shape index (κ1) is 11.7. The van der Waals surface area contributed by atoms with Gasteiger partial charge >= 0.3 is 0 Å². The Balaban J connectivity index is 2.45. The van der Waals surface area contributed by atoms with Crippen molar-refractivity contribution >= 4 is 34.4 Å². The van der Waals surface area contributed by atoms with Gasteiger partial charge in [-0.3, -0.25) is 0 Å². The lowest BCUT2D eigenvalue weighted by atomic mass is 10.1. The molecule has 0 aromatic heterocycles. The number of hydrogen-bond donors (Lipinski definition) is 1. The fourth-order valence-corrected chi connectivity index (χ4v) is 2.17. The third kappa shape index (κ3) is 2.48. The van der Waals surface area contributed by atoms with E-state index in [0.29, 0.717) is 0 Å². The average molecular weight is 256 g/mol. The van der Waals surface area contributed by atoms with Gasteiger partial charge < -0.3 is 0 Å². The molecule has 84 valence electrons. The molecule has 0 saturated carbocycles. The zero-order valence-electron chi connectivity index (χ0n) is 8.57. The van der Waals surface area contributed by atoms with Gasteiger partial charge in [0.1, 0.15) is 0 Å². The molecule has 2 rings (SSSR count). The lowest BCUT2D eigenvalue weighted by Crippen LogP contribution is -1.94. The van der Waals surface area contributed by atoms with Crippen LogP contribution >= 0.6 is 23.6 Å². The van der Waals surface area contributed by atoms with Crippen molar-refractivity contribution in [2.75, 3.05) is 0 Å². The van der Waals surface area contributed by atoms with Crippen molar-refractivity contribution in [3.63, 3.8) is 0 Å². The van der Waals surface area contributed by atoms with Crippen LogP contribution in [-0.2, 0) is 9.32 Å². The van der Waals surface area contributed by atoms with Crippen LogP contribution in [0, 0.1) is 6.92 Å². The molecule has 16 heavy (non-hydrogen) atoms. The molecule has 0 bridgehead atoms. The van der Waals surface area contributed by atoms with Crippen molar-refractivity contribution in [3.05, 3.63) is 40.9 Å². The minimum absolute atomic E-state index is 0.730. The zero-order chi connectivity index (χ0) is 11.5. The number of benzene rings is 2. The van der Waals surface area contributed by atoms with Crippen LogP contribution in [0.25, 0.3) is 10.8 Å². The topological polar surface area (TPSA) is 44.5 Å². The van der Waals surface area contributed by atoms with Gasteiger partial charge in [0.15, 0.2) is 0 Å². The van der Waals surface area contributed by atoms with Gasteiger partial charge in [-0.2, -0.15) is 5.90 Å². The maximum absolute atomic E-state index is 5.93. The highest BCUT2D eigenvalue weighted by molar-refractivity contribution is 7.94. The molecule has 2 aromatic carbocycles. The minimum Gasteiger partial charge on any atom is -0.182 e. The van der Waals surface area contributed by atoms with E-state index < -0.39 is 0 Å². The maximum Gasteiger partial charge on any atom is 0.0705 e. The molecule has 0 aliphatic heterocycles. The largest absolute Gasteiger partial charge is 0.182 e. The van der Waals surface area contributed by atoms with Crippen molar-refractivity contribution in [2.24, 2.45) is 5.90 Å². The Bertz CT molecular complexity index is 519. The van der Waals surface area contributed by atoms with Crippen LogP contribution in [0.5, 0.6) is 0 Å². The van der Waals surface area contributed by atoms with Gasteiger partial charge in [-0.15, -0.1) is 9.32 Å². The van der Waals surface area contributed by atoms with Gasteiger partial charge in [0, 0.05) is 9.92 Å². The van der Waals surface area contributed by atoms with Gasteiger partial charge in [-0.1, -0.05) is 23.7 Å². The summed E-state index contributed by atoms with van der Waals surface area (Å²) in [4.78, 5) is 5.03. The molecule has 0 unspecified atom stereocenters. The van der Waals surface area contributed by atoms with Gasteiger partial charge in [0.05, 0.1) is 12.0 Å². The van der Waals surface area contributed by atoms with Crippen LogP contribution in [0.2, 0.25) is 5.02 Å². The van der Waals surface area contributed by atoms with Crippen molar-refractivity contribution in [1.29, 1.82) is 0 Å². The quantitative estimate of drug-likeness (QED) is 0.517. The first-order valence-electron chi connectivity index (χ1n) is 4.60. The van der Waals surface area contributed by atoms with Gasteiger partial charge in [-0.05, 0) is 41.5 Å². The standard InChI is InChI=1S/C11H10ClNO2S/c1-7-4-9-5-10(12)3-2-8(9)6-11(7)16-15-14-13/h2-6H,13H2,1H3. The molecule has 0 spiro atoms. The number of aryl methyl sites for hydroxylation is 1. The predicted molar refractivity (Wildman–Crippen MR) is 65.9 cm³/mol. The summed E-state index contributed by atoms with van der Waals surface area (Å²) >= 11 is 7.01. The molecule has 0 radical (unpaired) electrons. The fraction of sp³-hybridized carbons (Fsp3) is 0.0909. The molecule has 0 atom stereocenters. The normalized spacial score (nSPS) is 10.9. The van der Waals surface area contributed by atoms with E-state index >= 15 is 0 Å². The summed E-state index contributed by atoms with van der Waals surface area (Å²) in [5.74, 6) is 4.80. The molecule has 0 aliphatic rings. The summed E-state index contributed by atoms with van der Waals surface area (Å²) < 4.78 is 4.64. The van der Waals surface area contributed by atoms with Crippen molar-refractivity contribution in [1.82, 2.24) is 0 Å². The van der Waals surface area contributed by atoms with Crippen LogP contribution in [0.3, 0.4) is 0 Å². The van der Waals surface area contributed by atoms with Crippen molar-refractivity contribution in [2.45, 2.75) is 11.8 Å². The Labute approximate surface area is 103 Å². The molecular formula is C11H10ClNO2S. The van der Waals surface area contributed by atoms with Crippen LogP contribution in [0.1, 0.15) is 5.56 Å². The highest BCUT2D eigenvalue weighted by Gasteiger charge is 2.04. The minimum atomic E-state index is 0.730. The van der Waals surface area contributed by atoms with Gasteiger partial charge in [-0.25, -0.2) is 0 Å². The number of hydrogen-bond acceptors (Lipinski definition) is 4. The molecule has 3 nitrogen and oxygen atoms in total. The molecule has 2 N–H and O–H groups in total. The second kappa shape index (κ2) is 5.03. The highest BCUT2D eigenvalue weighted by Crippen LogP contribution is 2.29. The first-order valence-corrected chi connectivity index (χ1v) is 5.72. The molecule has 0 saturated heterocycles. The van der Waals surface area contributed by atoms with E-state index in [-0.39, 0.29) is 0 Å². The summed E-state index contributed by atoms with van der Waals surface area (Å²) in [6.45, 7) is 1.99. The summed E-state index contributed by atoms with van der Waals surface area (Å²) in [6.07, 6.45) is 0. The SMILES string of the molecule is Cc1cc2cc(Cl)ccc2cc1SOON. The third-order valence-electron chi connectivity index (χ3n) is 2.26. The summed E-state index contributed by atoms with van der Waals surface area (Å²) in [7, 11) is 0. The van der Waals surface area contributed by atoms with Crippen LogP contribution in [-0.4, -0.2) is 0 Å². The van der Waals surface area contributed by atoms with E-state index in [1.165, 1.54) is 0 Å². The summed E-state index contributed by atoms with van der Waals surface area (Å²) in [5, 5.41) is 2.93. The van der Waals surface area contributed by atoms with E-state index in [1.54, 1.807) is 0 Å².